The summed E-state index contributed by atoms with van der Waals surface area (Å²) in [4.78, 5) is 2.66. The minimum atomic E-state index is -3.43. The molecule has 0 amide bonds. The van der Waals surface area contributed by atoms with E-state index < -0.39 is 10.0 Å². The van der Waals surface area contributed by atoms with Crippen molar-refractivity contribution in [3.63, 3.8) is 0 Å². The molecule has 21 heavy (non-hydrogen) atoms. The molecule has 0 unspecified atom stereocenters. The largest absolute Gasteiger partial charge is 0.301 e. The van der Waals surface area contributed by atoms with E-state index in [4.69, 9.17) is 0 Å². The van der Waals surface area contributed by atoms with Crippen molar-refractivity contribution < 1.29 is 8.42 Å². The average Bonchev–Trinajstić information content (AvgIpc) is 3.12. The standard InChI is InChI=1S/C14H24N4O2S/c1-17-11-14(8-15-17)21(19,20)16-13-6-7-18(10-13)9-12-4-2-3-5-12/h8,11-13,16H,2-7,9-10H2,1H3/t13-/m0/s1. The molecule has 1 atom stereocenters. The highest BCUT2D eigenvalue weighted by atomic mass is 32.2. The Bertz CT molecular complexity index is 578. The Morgan fingerprint density at radius 1 is 1.33 bits per heavy atom. The molecule has 0 bridgehead atoms. The quantitative estimate of drug-likeness (QED) is 0.879. The van der Waals surface area contributed by atoms with Gasteiger partial charge in [-0.3, -0.25) is 4.68 Å². The second-order valence-corrected chi connectivity index (χ2v) is 8.08. The summed E-state index contributed by atoms with van der Waals surface area (Å²) in [6, 6.07) is 0.0246. The van der Waals surface area contributed by atoms with E-state index in [-0.39, 0.29) is 10.9 Å². The first-order valence-corrected chi connectivity index (χ1v) is 9.24. The highest BCUT2D eigenvalue weighted by molar-refractivity contribution is 7.89. The molecule has 2 aliphatic rings. The Morgan fingerprint density at radius 2 is 2.10 bits per heavy atom. The van der Waals surface area contributed by atoms with Crippen molar-refractivity contribution in [3.05, 3.63) is 12.4 Å². The van der Waals surface area contributed by atoms with Gasteiger partial charge in [0.05, 0.1) is 6.20 Å². The number of nitrogens with zero attached hydrogens (tertiary/aromatic N) is 3. The molecule has 1 aromatic heterocycles. The summed E-state index contributed by atoms with van der Waals surface area (Å²) in [6.45, 7) is 2.96. The van der Waals surface area contributed by atoms with Gasteiger partial charge >= 0.3 is 0 Å². The van der Waals surface area contributed by atoms with Gasteiger partial charge in [-0.05, 0) is 31.7 Å². The van der Waals surface area contributed by atoms with Gasteiger partial charge in [-0.2, -0.15) is 5.10 Å². The Labute approximate surface area is 126 Å². The monoisotopic (exact) mass is 312 g/mol. The third-order valence-corrected chi connectivity index (χ3v) is 6.05. The summed E-state index contributed by atoms with van der Waals surface area (Å²) >= 11 is 0. The van der Waals surface area contributed by atoms with Crippen LogP contribution in [0.25, 0.3) is 0 Å². The molecule has 2 fully saturated rings. The smallest absolute Gasteiger partial charge is 0.243 e. The fourth-order valence-corrected chi connectivity index (χ4v) is 4.72. The van der Waals surface area contributed by atoms with Gasteiger partial charge in [-0.25, -0.2) is 13.1 Å². The molecule has 1 aliphatic heterocycles. The molecule has 7 heteroatoms. The van der Waals surface area contributed by atoms with E-state index in [0.717, 1.165) is 32.0 Å². The van der Waals surface area contributed by atoms with Crippen LogP contribution in [0.2, 0.25) is 0 Å². The molecule has 6 nitrogen and oxygen atoms in total. The van der Waals surface area contributed by atoms with Crippen LogP contribution in [0.15, 0.2) is 17.3 Å². The average molecular weight is 312 g/mol. The van der Waals surface area contributed by atoms with Crippen LogP contribution in [0.4, 0.5) is 0 Å². The highest BCUT2D eigenvalue weighted by Crippen LogP contribution is 2.26. The third-order valence-electron chi connectivity index (χ3n) is 4.58. The molecule has 1 saturated carbocycles. The molecule has 0 aromatic carbocycles. The van der Waals surface area contributed by atoms with E-state index in [2.05, 4.69) is 14.7 Å². The van der Waals surface area contributed by atoms with Crippen molar-refractivity contribution in [2.24, 2.45) is 13.0 Å². The predicted molar refractivity (Wildman–Crippen MR) is 80.3 cm³/mol. The Kier molecular flexibility index (Phi) is 4.33. The van der Waals surface area contributed by atoms with Crippen molar-refractivity contribution in [2.45, 2.75) is 43.0 Å². The fourth-order valence-electron chi connectivity index (χ4n) is 3.48. The van der Waals surface area contributed by atoms with Crippen LogP contribution in [0.1, 0.15) is 32.1 Å². The zero-order valence-corrected chi connectivity index (χ0v) is 13.3. The molecule has 0 spiro atoms. The zero-order valence-electron chi connectivity index (χ0n) is 12.5. The molecule has 118 valence electrons. The second kappa shape index (κ2) is 6.06. The predicted octanol–water partition coefficient (Wildman–Crippen LogP) is 0.963. The lowest BCUT2D eigenvalue weighted by molar-refractivity contribution is 0.276. The molecule has 1 aliphatic carbocycles. The van der Waals surface area contributed by atoms with Crippen LogP contribution in [0.5, 0.6) is 0 Å². The SMILES string of the molecule is Cn1cc(S(=O)(=O)N[C@H]2CCN(CC3CCCC3)C2)cn1. The Morgan fingerprint density at radius 3 is 2.76 bits per heavy atom. The molecule has 0 radical (unpaired) electrons. The van der Waals surface area contributed by atoms with Gasteiger partial charge in [0, 0.05) is 32.4 Å². The van der Waals surface area contributed by atoms with Gasteiger partial charge < -0.3 is 4.90 Å². The molecule has 3 rings (SSSR count). The summed E-state index contributed by atoms with van der Waals surface area (Å²) in [5.41, 5.74) is 0. The number of aromatic nitrogens is 2. The van der Waals surface area contributed by atoms with Crippen LogP contribution in [0, 0.1) is 5.92 Å². The van der Waals surface area contributed by atoms with Gasteiger partial charge in [0.2, 0.25) is 10.0 Å². The van der Waals surface area contributed by atoms with E-state index >= 15 is 0 Å². The Hall–Kier alpha value is -0.920. The van der Waals surface area contributed by atoms with Gasteiger partial charge in [0.25, 0.3) is 0 Å². The lowest BCUT2D eigenvalue weighted by Gasteiger charge is -2.20. The minimum Gasteiger partial charge on any atom is -0.301 e. The van der Waals surface area contributed by atoms with Crippen molar-refractivity contribution in [3.8, 4) is 0 Å². The molecule has 2 heterocycles. The normalized spacial score (nSPS) is 24.9. The molecule has 1 aromatic rings. The molecular formula is C14H24N4O2S. The number of hydrogen-bond acceptors (Lipinski definition) is 4. The van der Waals surface area contributed by atoms with Gasteiger partial charge in [0.15, 0.2) is 0 Å². The van der Waals surface area contributed by atoms with Gasteiger partial charge in [-0.15, -0.1) is 0 Å². The van der Waals surface area contributed by atoms with Crippen molar-refractivity contribution in [1.82, 2.24) is 19.4 Å². The van der Waals surface area contributed by atoms with E-state index in [1.807, 2.05) is 0 Å². The van der Waals surface area contributed by atoms with E-state index in [0.29, 0.717) is 0 Å². The summed E-state index contributed by atoms with van der Waals surface area (Å²) in [5, 5.41) is 3.93. The highest BCUT2D eigenvalue weighted by Gasteiger charge is 2.29. The first-order chi connectivity index (χ1) is 10.0. The third kappa shape index (κ3) is 3.64. The molecular weight excluding hydrogens is 288 g/mol. The summed E-state index contributed by atoms with van der Waals surface area (Å²) < 4.78 is 28.9. The number of sulfonamides is 1. The van der Waals surface area contributed by atoms with Crippen molar-refractivity contribution >= 4 is 10.0 Å². The number of hydrogen-bond donors (Lipinski definition) is 1. The van der Waals surface area contributed by atoms with E-state index in [9.17, 15) is 8.42 Å². The fraction of sp³-hybridized carbons (Fsp3) is 0.786. The zero-order chi connectivity index (χ0) is 14.9. The van der Waals surface area contributed by atoms with Gasteiger partial charge in [0.1, 0.15) is 4.90 Å². The van der Waals surface area contributed by atoms with E-state index in [1.165, 1.54) is 42.8 Å². The first kappa shape index (κ1) is 15.0. The van der Waals surface area contributed by atoms with Crippen LogP contribution in [0.3, 0.4) is 0 Å². The number of nitrogens with one attached hydrogen (secondary N) is 1. The Balaban J connectivity index is 1.54. The second-order valence-electron chi connectivity index (χ2n) is 6.37. The van der Waals surface area contributed by atoms with Gasteiger partial charge in [-0.1, -0.05) is 12.8 Å². The van der Waals surface area contributed by atoms with E-state index in [1.54, 1.807) is 7.05 Å². The summed E-state index contributed by atoms with van der Waals surface area (Å²) in [7, 11) is -1.71. The van der Waals surface area contributed by atoms with Crippen molar-refractivity contribution in [2.75, 3.05) is 19.6 Å². The maximum Gasteiger partial charge on any atom is 0.243 e. The summed E-state index contributed by atoms with van der Waals surface area (Å²) in [6.07, 6.45) is 9.21. The van der Waals surface area contributed by atoms with Crippen LogP contribution in [-0.4, -0.2) is 48.8 Å². The molecule has 1 N–H and O–H groups in total. The lowest BCUT2D eigenvalue weighted by atomic mass is 10.1. The van der Waals surface area contributed by atoms with Crippen LogP contribution < -0.4 is 4.72 Å². The maximum absolute atomic E-state index is 12.3. The number of rotatable bonds is 5. The summed E-state index contributed by atoms with van der Waals surface area (Å²) in [5.74, 6) is 0.818. The van der Waals surface area contributed by atoms with Crippen LogP contribution >= 0.6 is 0 Å². The minimum absolute atomic E-state index is 0.0246. The lowest BCUT2D eigenvalue weighted by Crippen LogP contribution is -2.37. The maximum atomic E-state index is 12.3. The number of aryl methyl sites for hydroxylation is 1. The topological polar surface area (TPSA) is 67.2 Å². The van der Waals surface area contributed by atoms with Crippen LogP contribution in [-0.2, 0) is 17.1 Å². The first-order valence-electron chi connectivity index (χ1n) is 7.76. The molecule has 1 saturated heterocycles. The van der Waals surface area contributed by atoms with Crippen molar-refractivity contribution in [1.29, 1.82) is 0 Å². The number of likely N-dealkylation sites (tertiary alicyclic amines) is 1.